The minimum Gasteiger partial charge on any atom is -0.492 e. The highest BCUT2D eigenvalue weighted by Crippen LogP contribution is 2.25. The predicted octanol–water partition coefficient (Wildman–Crippen LogP) is 2.88. The Balaban J connectivity index is 1.61. The topological polar surface area (TPSA) is 13.7 Å². The van der Waals surface area contributed by atoms with E-state index in [9.17, 15) is 0 Å². The number of halogens is 1. The van der Waals surface area contributed by atoms with E-state index in [1.54, 1.807) is 4.90 Å². The van der Waals surface area contributed by atoms with Crippen molar-refractivity contribution in [3.05, 3.63) is 28.8 Å². The Hall–Kier alpha value is -0.730. The average Bonchev–Trinajstić information content (AvgIpc) is 2.42. The Morgan fingerprint density at radius 3 is 2.68 bits per heavy atom. The van der Waals surface area contributed by atoms with Gasteiger partial charge in [-0.15, -0.1) is 0 Å². The number of likely N-dealkylation sites (tertiary alicyclic amines) is 1. The second-order valence-electron chi connectivity index (χ2n) is 5.55. The third kappa shape index (κ3) is 5.04. The van der Waals surface area contributed by atoms with Gasteiger partial charge in [-0.3, -0.25) is 0 Å². The van der Waals surface area contributed by atoms with Crippen molar-refractivity contribution in [2.24, 2.45) is 0 Å². The summed E-state index contributed by atoms with van der Waals surface area (Å²) in [6.45, 7) is 6.84. The molecule has 3 heteroatoms. The molecule has 1 aliphatic heterocycles. The average molecular weight is 283 g/mol. The zero-order chi connectivity index (χ0) is 13.5. The molecule has 0 unspecified atom stereocenters. The van der Waals surface area contributed by atoms with Crippen molar-refractivity contribution < 1.29 is 9.64 Å². The standard InChI is InChI=1S/C16H24ClNO/c1-14-7-8-16(15(17)13-14)19-12-6-5-11-18-9-3-2-4-10-18/h7-8,13H,2-6,9-12H2,1H3/p+1. The van der Waals surface area contributed by atoms with Crippen LogP contribution in [-0.4, -0.2) is 26.2 Å². The minimum atomic E-state index is 0.724. The first kappa shape index (κ1) is 14.7. The van der Waals surface area contributed by atoms with Crippen molar-refractivity contribution >= 4 is 11.6 Å². The Kier molecular flexibility index (Phi) is 5.99. The summed E-state index contributed by atoms with van der Waals surface area (Å²) < 4.78 is 5.74. The van der Waals surface area contributed by atoms with Gasteiger partial charge < -0.3 is 9.64 Å². The molecule has 0 spiro atoms. The fraction of sp³-hybridized carbons (Fsp3) is 0.625. The monoisotopic (exact) mass is 282 g/mol. The maximum absolute atomic E-state index is 6.13. The predicted molar refractivity (Wildman–Crippen MR) is 80.3 cm³/mol. The van der Waals surface area contributed by atoms with E-state index in [2.05, 4.69) is 0 Å². The molecule has 0 radical (unpaired) electrons. The lowest BCUT2D eigenvalue weighted by atomic mass is 10.1. The lowest BCUT2D eigenvalue weighted by Crippen LogP contribution is -3.12. The first-order valence-electron chi connectivity index (χ1n) is 7.48. The van der Waals surface area contributed by atoms with Crippen LogP contribution in [0.15, 0.2) is 18.2 Å². The van der Waals surface area contributed by atoms with Crippen molar-refractivity contribution in [3.63, 3.8) is 0 Å². The molecule has 0 bridgehead atoms. The van der Waals surface area contributed by atoms with E-state index in [0.717, 1.165) is 23.8 Å². The number of hydrogen-bond donors (Lipinski definition) is 1. The Morgan fingerprint density at radius 2 is 1.95 bits per heavy atom. The number of aryl methyl sites for hydroxylation is 1. The summed E-state index contributed by atoms with van der Waals surface area (Å²) in [5, 5.41) is 0.724. The van der Waals surface area contributed by atoms with Crippen molar-refractivity contribution in [1.82, 2.24) is 0 Å². The van der Waals surface area contributed by atoms with E-state index in [-0.39, 0.29) is 0 Å². The number of rotatable bonds is 6. The Morgan fingerprint density at radius 1 is 1.16 bits per heavy atom. The van der Waals surface area contributed by atoms with Crippen LogP contribution in [-0.2, 0) is 0 Å². The third-order valence-electron chi connectivity index (χ3n) is 3.83. The first-order chi connectivity index (χ1) is 9.25. The van der Waals surface area contributed by atoms with Crippen molar-refractivity contribution in [2.75, 3.05) is 26.2 Å². The van der Waals surface area contributed by atoms with Crippen molar-refractivity contribution in [1.29, 1.82) is 0 Å². The Bertz CT molecular complexity index is 388. The number of ether oxygens (including phenoxy) is 1. The highest BCUT2D eigenvalue weighted by atomic mass is 35.5. The molecule has 1 N–H and O–H groups in total. The summed E-state index contributed by atoms with van der Waals surface area (Å²) >= 11 is 6.13. The summed E-state index contributed by atoms with van der Waals surface area (Å²) in [7, 11) is 0. The summed E-state index contributed by atoms with van der Waals surface area (Å²) in [5.74, 6) is 0.817. The zero-order valence-corrected chi connectivity index (χ0v) is 12.6. The molecule has 1 heterocycles. The molecule has 106 valence electrons. The molecule has 0 atom stereocenters. The van der Waals surface area contributed by atoms with Crippen LogP contribution in [0.4, 0.5) is 0 Å². The largest absolute Gasteiger partial charge is 0.492 e. The highest BCUT2D eigenvalue weighted by Gasteiger charge is 2.12. The van der Waals surface area contributed by atoms with E-state index >= 15 is 0 Å². The number of piperidine rings is 1. The number of nitrogens with one attached hydrogen (secondary N) is 1. The van der Waals surface area contributed by atoms with Crippen LogP contribution in [0.5, 0.6) is 5.75 Å². The molecule has 1 fully saturated rings. The molecule has 19 heavy (non-hydrogen) atoms. The summed E-state index contributed by atoms with van der Waals surface area (Å²) in [6, 6.07) is 5.96. The van der Waals surface area contributed by atoms with Crippen molar-refractivity contribution in [3.8, 4) is 5.75 Å². The molecule has 1 aromatic carbocycles. The molecule has 1 saturated heterocycles. The van der Waals surface area contributed by atoms with Gasteiger partial charge in [-0.1, -0.05) is 17.7 Å². The maximum Gasteiger partial charge on any atom is 0.137 e. The lowest BCUT2D eigenvalue weighted by Gasteiger charge is -2.23. The van der Waals surface area contributed by atoms with Gasteiger partial charge in [-0.25, -0.2) is 0 Å². The molecule has 0 saturated carbocycles. The van der Waals surface area contributed by atoms with Gasteiger partial charge in [0.05, 0.1) is 31.3 Å². The molecule has 2 rings (SSSR count). The van der Waals surface area contributed by atoms with Crippen LogP contribution in [0.25, 0.3) is 0 Å². The normalized spacial score (nSPS) is 16.5. The number of hydrogen-bond acceptors (Lipinski definition) is 1. The van der Waals surface area contributed by atoms with Crippen LogP contribution in [0.1, 0.15) is 37.7 Å². The fourth-order valence-electron chi connectivity index (χ4n) is 2.68. The van der Waals surface area contributed by atoms with Gasteiger partial charge in [0.15, 0.2) is 0 Å². The van der Waals surface area contributed by atoms with Gasteiger partial charge in [-0.05, 0) is 56.7 Å². The summed E-state index contributed by atoms with van der Waals surface area (Å²) in [6.07, 6.45) is 6.61. The second kappa shape index (κ2) is 7.76. The van der Waals surface area contributed by atoms with Crippen LogP contribution in [0.3, 0.4) is 0 Å². The van der Waals surface area contributed by atoms with Crippen LogP contribution in [0, 0.1) is 6.92 Å². The number of benzene rings is 1. The van der Waals surface area contributed by atoms with Crippen LogP contribution < -0.4 is 9.64 Å². The molecule has 2 nitrogen and oxygen atoms in total. The van der Waals surface area contributed by atoms with E-state index < -0.39 is 0 Å². The van der Waals surface area contributed by atoms with Gasteiger partial charge in [0.25, 0.3) is 0 Å². The van der Waals surface area contributed by atoms with Crippen molar-refractivity contribution in [2.45, 2.75) is 39.0 Å². The van der Waals surface area contributed by atoms with Gasteiger partial charge in [0, 0.05) is 0 Å². The SMILES string of the molecule is Cc1ccc(OCCCC[NH+]2CCCCC2)c(Cl)c1. The minimum absolute atomic E-state index is 0.724. The summed E-state index contributed by atoms with van der Waals surface area (Å²) in [5.41, 5.74) is 1.17. The molecular formula is C16H25ClNO+. The summed E-state index contributed by atoms with van der Waals surface area (Å²) in [4.78, 5) is 1.78. The molecule has 1 aromatic rings. The fourth-order valence-corrected chi connectivity index (χ4v) is 2.97. The number of quaternary nitrogens is 1. The van der Waals surface area contributed by atoms with Crippen LogP contribution >= 0.6 is 11.6 Å². The molecule has 0 aliphatic carbocycles. The molecular weight excluding hydrogens is 258 g/mol. The van der Waals surface area contributed by atoms with E-state index in [1.165, 1.54) is 50.9 Å². The molecule has 1 aliphatic rings. The zero-order valence-electron chi connectivity index (χ0n) is 11.9. The molecule has 0 amide bonds. The van der Waals surface area contributed by atoms with Gasteiger partial charge in [-0.2, -0.15) is 0 Å². The highest BCUT2D eigenvalue weighted by molar-refractivity contribution is 6.32. The van der Waals surface area contributed by atoms with Gasteiger partial charge in [0.1, 0.15) is 5.75 Å². The third-order valence-corrected chi connectivity index (χ3v) is 4.13. The van der Waals surface area contributed by atoms with Gasteiger partial charge in [0.2, 0.25) is 0 Å². The van der Waals surface area contributed by atoms with E-state index in [4.69, 9.17) is 16.3 Å². The smallest absolute Gasteiger partial charge is 0.137 e. The molecule has 0 aromatic heterocycles. The van der Waals surface area contributed by atoms with Gasteiger partial charge >= 0.3 is 0 Å². The quantitative estimate of drug-likeness (QED) is 0.792. The number of unbranched alkanes of at least 4 members (excludes halogenated alkanes) is 1. The van der Waals surface area contributed by atoms with E-state index in [1.807, 2.05) is 25.1 Å². The first-order valence-corrected chi connectivity index (χ1v) is 7.86. The lowest BCUT2D eigenvalue weighted by molar-refractivity contribution is -0.905. The van der Waals surface area contributed by atoms with E-state index in [0.29, 0.717) is 0 Å². The maximum atomic E-state index is 6.13. The Labute approximate surface area is 121 Å². The van der Waals surface area contributed by atoms with Crippen LogP contribution in [0.2, 0.25) is 5.02 Å². The second-order valence-corrected chi connectivity index (χ2v) is 5.96.